The summed E-state index contributed by atoms with van der Waals surface area (Å²) in [6.45, 7) is 0.794. The molecule has 0 radical (unpaired) electrons. The van der Waals surface area contributed by atoms with Crippen LogP contribution in [-0.2, 0) is 10.6 Å². The Balaban J connectivity index is 1.73. The largest absolute Gasteiger partial charge is 0.493 e. The number of halogens is 1. The maximum atomic E-state index is 6.19. The minimum absolute atomic E-state index is 0.0975. The van der Waals surface area contributed by atoms with Crippen molar-refractivity contribution in [1.82, 2.24) is 0 Å². The van der Waals surface area contributed by atoms with Crippen LogP contribution >= 0.6 is 11.6 Å². The topological polar surface area (TPSA) is 27.7 Å². The van der Waals surface area contributed by atoms with Crippen LogP contribution in [0.15, 0.2) is 18.2 Å². The van der Waals surface area contributed by atoms with Gasteiger partial charge in [-0.2, -0.15) is 0 Å². The van der Waals surface area contributed by atoms with Gasteiger partial charge in [0.05, 0.1) is 19.3 Å². The molecule has 20 heavy (non-hydrogen) atoms. The van der Waals surface area contributed by atoms with Crippen molar-refractivity contribution in [2.24, 2.45) is 0 Å². The highest BCUT2D eigenvalue weighted by Crippen LogP contribution is 2.43. The lowest BCUT2D eigenvalue weighted by atomic mass is 9.74. The number of hydrogen-bond donors (Lipinski definition) is 0. The van der Waals surface area contributed by atoms with E-state index < -0.39 is 0 Å². The second-order valence-corrected chi connectivity index (χ2v) is 6.00. The van der Waals surface area contributed by atoms with Crippen LogP contribution in [0.2, 0.25) is 0 Å². The molecule has 1 aliphatic carbocycles. The Bertz CT molecular complexity index is 471. The molecule has 1 heterocycles. The highest BCUT2D eigenvalue weighted by atomic mass is 35.5. The molecule has 0 bridgehead atoms. The van der Waals surface area contributed by atoms with Gasteiger partial charge in [-0.05, 0) is 37.0 Å². The minimum atomic E-state index is 0.0975. The van der Waals surface area contributed by atoms with Gasteiger partial charge in [0.15, 0.2) is 11.5 Å². The van der Waals surface area contributed by atoms with E-state index in [9.17, 15) is 0 Å². The van der Waals surface area contributed by atoms with Crippen molar-refractivity contribution in [3.63, 3.8) is 0 Å². The van der Waals surface area contributed by atoms with Gasteiger partial charge in [0.25, 0.3) is 0 Å². The molecule has 110 valence electrons. The predicted molar refractivity (Wildman–Crippen MR) is 78.7 cm³/mol. The maximum Gasteiger partial charge on any atom is 0.161 e. The van der Waals surface area contributed by atoms with Crippen LogP contribution in [0, 0.1) is 0 Å². The van der Waals surface area contributed by atoms with Gasteiger partial charge < -0.3 is 14.2 Å². The minimum Gasteiger partial charge on any atom is -0.493 e. The van der Waals surface area contributed by atoms with Crippen molar-refractivity contribution in [2.45, 2.75) is 49.7 Å². The van der Waals surface area contributed by atoms with E-state index in [0.717, 1.165) is 36.5 Å². The third kappa shape index (κ3) is 2.75. The normalized spacial score (nSPS) is 24.2. The summed E-state index contributed by atoms with van der Waals surface area (Å²) in [5.74, 6) is 2.05. The molecule has 0 amide bonds. The number of rotatable bonds is 4. The molecular weight excluding hydrogens is 276 g/mol. The first kappa shape index (κ1) is 14.0. The molecule has 1 saturated carbocycles. The maximum absolute atomic E-state index is 6.19. The lowest BCUT2D eigenvalue weighted by Crippen LogP contribution is -2.48. The lowest BCUT2D eigenvalue weighted by molar-refractivity contribution is -0.153. The second kappa shape index (κ2) is 5.82. The van der Waals surface area contributed by atoms with Gasteiger partial charge in [0, 0.05) is 18.7 Å². The van der Waals surface area contributed by atoms with Gasteiger partial charge >= 0.3 is 0 Å². The van der Waals surface area contributed by atoms with E-state index in [1.807, 2.05) is 18.2 Å². The number of hydrogen-bond acceptors (Lipinski definition) is 3. The number of ether oxygens (including phenoxy) is 3. The van der Waals surface area contributed by atoms with Crippen LogP contribution in [0.1, 0.15) is 37.7 Å². The molecule has 1 spiro atoms. The average molecular weight is 297 g/mol. The first-order valence-corrected chi connectivity index (χ1v) is 7.82. The van der Waals surface area contributed by atoms with Crippen molar-refractivity contribution in [3.8, 4) is 11.5 Å². The molecule has 0 N–H and O–H groups in total. The summed E-state index contributed by atoms with van der Waals surface area (Å²) in [6, 6.07) is 5.87. The molecule has 3 rings (SSSR count). The van der Waals surface area contributed by atoms with E-state index in [-0.39, 0.29) is 11.7 Å². The number of alkyl halides is 1. The highest BCUT2D eigenvalue weighted by molar-refractivity contribution is 6.17. The van der Waals surface area contributed by atoms with E-state index >= 15 is 0 Å². The Morgan fingerprint density at radius 2 is 2.20 bits per heavy atom. The smallest absolute Gasteiger partial charge is 0.161 e. The van der Waals surface area contributed by atoms with Gasteiger partial charge in [-0.3, -0.25) is 0 Å². The van der Waals surface area contributed by atoms with Crippen LogP contribution in [0.3, 0.4) is 0 Å². The van der Waals surface area contributed by atoms with Gasteiger partial charge in [0.2, 0.25) is 0 Å². The van der Waals surface area contributed by atoms with Crippen molar-refractivity contribution in [3.05, 3.63) is 23.8 Å². The summed E-state index contributed by atoms with van der Waals surface area (Å²) in [5, 5.41) is 0. The summed E-state index contributed by atoms with van der Waals surface area (Å²) in [7, 11) is 1.67. The molecule has 1 aromatic carbocycles. The van der Waals surface area contributed by atoms with Gasteiger partial charge in [-0.15, -0.1) is 11.6 Å². The Hall–Kier alpha value is -0.930. The SMILES string of the molecule is COc1ccc(CCl)cc1OC1CCOC2(CCC2)C1. The second-order valence-electron chi connectivity index (χ2n) is 5.74. The molecule has 1 aromatic rings. The van der Waals surface area contributed by atoms with E-state index in [1.165, 1.54) is 19.3 Å². The van der Waals surface area contributed by atoms with Crippen molar-refractivity contribution >= 4 is 11.6 Å². The molecule has 1 unspecified atom stereocenters. The van der Waals surface area contributed by atoms with Crippen LogP contribution in [0.4, 0.5) is 0 Å². The Morgan fingerprint density at radius 1 is 1.35 bits per heavy atom. The standard InChI is InChI=1S/C16H21ClO3/c1-18-14-4-3-12(11-17)9-15(14)20-13-5-8-19-16(10-13)6-2-7-16/h3-4,9,13H,2,5-8,10-11H2,1H3. The molecular formula is C16H21ClO3. The van der Waals surface area contributed by atoms with E-state index in [0.29, 0.717) is 5.88 Å². The lowest BCUT2D eigenvalue weighted by Gasteiger charge is -2.46. The molecule has 1 aliphatic heterocycles. The van der Waals surface area contributed by atoms with Crippen LogP contribution < -0.4 is 9.47 Å². The van der Waals surface area contributed by atoms with Crippen molar-refractivity contribution in [2.75, 3.05) is 13.7 Å². The number of methoxy groups -OCH3 is 1. The molecule has 1 saturated heterocycles. The third-order valence-electron chi connectivity index (χ3n) is 4.39. The molecule has 4 heteroatoms. The zero-order valence-corrected chi connectivity index (χ0v) is 12.6. The monoisotopic (exact) mass is 296 g/mol. The molecule has 1 atom stereocenters. The molecule has 2 fully saturated rings. The average Bonchev–Trinajstić information content (AvgIpc) is 2.46. The predicted octanol–water partition coefficient (Wildman–Crippen LogP) is 3.91. The molecule has 2 aliphatic rings. The van der Waals surface area contributed by atoms with Crippen LogP contribution in [-0.4, -0.2) is 25.4 Å². The highest BCUT2D eigenvalue weighted by Gasteiger charge is 2.43. The first-order valence-electron chi connectivity index (χ1n) is 7.28. The summed E-state index contributed by atoms with van der Waals surface area (Å²) >= 11 is 5.90. The van der Waals surface area contributed by atoms with E-state index in [4.69, 9.17) is 25.8 Å². The summed E-state index contributed by atoms with van der Waals surface area (Å²) < 4.78 is 17.5. The van der Waals surface area contributed by atoms with E-state index in [1.54, 1.807) is 7.11 Å². The fraction of sp³-hybridized carbons (Fsp3) is 0.625. The van der Waals surface area contributed by atoms with Crippen LogP contribution in [0.25, 0.3) is 0 Å². The first-order chi connectivity index (χ1) is 9.74. The number of benzene rings is 1. The summed E-state index contributed by atoms with van der Waals surface area (Å²) in [4.78, 5) is 0. The Labute approximate surface area is 125 Å². The molecule has 3 nitrogen and oxygen atoms in total. The van der Waals surface area contributed by atoms with E-state index in [2.05, 4.69) is 0 Å². The summed E-state index contributed by atoms with van der Waals surface area (Å²) in [5.41, 5.74) is 1.15. The Morgan fingerprint density at radius 3 is 2.85 bits per heavy atom. The van der Waals surface area contributed by atoms with Crippen molar-refractivity contribution in [1.29, 1.82) is 0 Å². The zero-order valence-electron chi connectivity index (χ0n) is 11.9. The van der Waals surface area contributed by atoms with Gasteiger partial charge in [0.1, 0.15) is 6.10 Å². The summed E-state index contributed by atoms with van der Waals surface area (Å²) in [6.07, 6.45) is 5.76. The molecule has 0 aromatic heterocycles. The Kier molecular flexibility index (Phi) is 4.08. The fourth-order valence-corrected chi connectivity index (χ4v) is 3.25. The zero-order chi connectivity index (χ0) is 14.0. The van der Waals surface area contributed by atoms with Crippen LogP contribution in [0.5, 0.6) is 11.5 Å². The third-order valence-corrected chi connectivity index (χ3v) is 4.70. The van der Waals surface area contributed by atoms with Gasteiger partial charge in [-0.1, -0.05) is 6.07 Å². The quantitative estimate of drug-likeness (QED) is 0.788. The fourth-order valence-electron chi connectivity index (χ4n) is 3.08. The van der Waals surface area contributed by atoms with Gasteiger partial charge in [-0.25, -0.2) is 0 Å². The van der Waals surface area contributed by atoms with Crippen molar-refractivity contribution < 1.29 is 14.2 Å².